The summed E-state index contributed by atoms with van der Waals surface area (Å²) in [4.78, 5) is 12.1. The van der Waals surface area contributed by atoms with Crippen LogP contribution in [0.1, 0.15) is 55.1 Å². The maximum atomic E-state index is 12.1. The summed E-state index contributed by atoms with van der Waals surface area (Å²) in [5, 5.41) is 12.8. The van der Waals surface area contributed by atoms with Crippen LogP contribution in [0.25, 0.3) is 0 Å². The van der Waals surface area contributed by atoms with Crippen molar-refractivity contribution in [1.82, 2.24) is 20.1 Å². The molecule has 3 rings (SSSR count). The molecule has 28 heavy (non-hydrogen) atoms. The minimum atomic E-state index is 0.111. The molecule has 1 amide bonds. The van der Waals surface area contributed by atoms with Crippen molar-refractivity contribution in [3.05, 3.63) is 41.2 Å². The monoisotopic (exact) mass is 418 g/mol. The largest absolute Gasteiger partial charge is 0.355 e. The van der Waals surface area contributed by atoms with Gasteiger partial charge in [0.2, 0.25) is 5.91 Å². The molecule has 0 bridgehead atoms. The SMILES string of the molecule is CSc1nnc(CCCNC(=O)CSCc2cccc(C)c2)n1C1CCCC1. The van der Waals surface area contributed by atoms with Crippen LogP contribution in [0.4, 0.5) is 0 Å². The molecule has 1 aromatic carbocycles. The molecule has 1 aromatic heterocycles. The van der Waals surface area contributed by atoms with E-state index in [9.17, 15) is 4.79 Å². The molecule has 0 atom stereocenters. The van der Waals surface area contributed by atoms with Gasteiger partial charge in [-0.05, 0) is 38.0 Å². The van der Waals surface area contributed by atoms with Crippen molar-refractivity contribution in [2.45, 2.75) is 62.4 Å². The molecule has 1 aliphatic rings. The van der Waals surface area contributed by atoms with Gasteiger partial charge in [0.25, 0.3) is 0 Å². The maximum absolute atomic E-state index is 12.1. The third-order valence-corrected chi connectivity index (χ3v) is 6.74. The van der Waals surface area contributed by atoms with Crippen LogP contribution in [-0.4, -0.2) is 39.2 Å². The van der Waals surface area contributed by atoms with Crippen molar-refractivity contribution >= 4 is 29.4 Å². The van der Waals surface area contributed by atoms with Gasteiger partial charge in [0.1, 0.15) is 5.82 Å². The highest BCUT2D eigenvalue weighted by atomic mass is 32.2. The number of carbonyl (C=O) groups excluding carboxylic acids is 1. The molecule has 0 aliphatic heterocycles. The number of nitrogens with one attached hydrogen (secondary N) is 1. The second-order valence-electron chi connectivity index (χ2n) is 7.35. The van der Waals surface area contributed by atoms with Gasteiger partial charge in [0.05, 0.1) is 5.75 Å². The van der Waals surface area contributed by atoms with Crippen molar-refractivity contribution in [2.24, 2.45) is 0 Å². The standard InChI is InChI=1S/C21H30N4OS2/c1-16-7-5-8-17(13-16)14-28-15-20(26)22-12-6-11-19-23-24-21(27-2)25(19)18-9-3-4-10-18/h5,7-8,13,18H,3-4,6,9-12,14-15H2,1-2H3,(H,22,26). The van der Waals surface area contributed by atoms with Gasteiger partial charge in [-0.3, -0.25) is 4.79 Å². The van der Waals surface area contributed by atoms with Crippen molar-refractivity contribution in [3.63, 3.8) is 0 Å². The quantitative estimate of drug-likeness (QED) is 0.458. The molecule has 1 saturated carbocycles. The molecule has 2 aromatic rings. The number of hydrogen-bond donors (Lipinski definition) is 1. The zero-order valence-corrected chi connectivity index (χ0v) is 18.5. The Morgan fingerprint density at radius 3 is 2.86 bits per heavy atom. The summed E-state index contributed by atoms with van der Waals surface area (Å²) in [6, 6.07) is 9.00. The first-order chi connectivity index (χ1) is 13.7. The summed E-state index contributed by atoms with van der Waals surface area (Å²) < 4.78 is 2.34. The van der Waals surface area contributed by atoms with E-state index in [4.69, 9.17) is 0 Å². The van der Waals surface area contributed by atoms with E-state index < -0.39 is 0 Å². The Kier molecular flexibility index (Phi) is 8.27. The van der Waals surface area contributed by atoms with Crippen LogP contribution in [0.5, 0.6) is 0 Å². The van der Waals surface area contributed by atoms with Crippen molar-refractivity contribution in [2.75, 3.05) is 18.6 Å². The first-order valence-corrected chi connectivity index (χ1v) is 12.4. The van der Waals surface area contributed by atoms with Gasteiger partial charge in [-0.1, -0.05) is 54.4 Å². The highest BCUT2D eigenvalue weighted by molar-refractivity contribution is 7.99. The van der Waals surface area contributed by atoms with E-state index in [-0.39, 0.29) is 5.91 Å². The lowest BCUT2D eigenvalue weighted by molar-refractivity contribution is -0.118. The summed E-state index contributed by atoms with van der Waals surface area (Å²) in [5.41, 5.74) is 2.53. The Morgan fingerprint density at radius 1 is 1.29 bits per heavy atom. The predicted molar refractivity (Wildman–Crippen MR) is 118 cm³/mol. The molecule has 5 nitrogen and oxygen atoms in total. The smallest absolute Gasteiger partial charge is 0.230 e. The van der Waals surface area contributed by atoms with Gasteiger partial charge >= 0.3 is 0 Å². The van der Waals surface area contributed by atoms with Crippen LogP contribution in [-0.2, 0) is 17.0 Å². The lowest BCUT2D eigenvalue weighted by Gasteiger charge is -2.16. The average Bonchev–Trinajstić information content (AvgIpc) is 3.34. The summed E-state index contributed by atoms with van der Waals surface area (Å²) in [5.74, 6) is 2.55. The Hall–Kier alpha value is -1.47. The highest BCUT2D eigenvalue weighted by Crippen LogP contribution is 2.33. The van der Waals surface area contributed by atoms with Crippen molar-refractivity contribution < 1.29 is 4.79 Å². The molecule has 0 radical (unpaired) electrons. The zero-order valence-electron chi connectivity index (χ0n) is 16.8. The van der Waals surface area contributed by atoms with Crippen LogP contribution >= 0.6 is 23.5 Å². The van der Waals surface area contributed by atoms with Gasteiger partial charge in [0, 0.05) is 24.8 Å². The van der Waals surface area contributed by atoms with Crippen LogP contribution in [0.15, 0.2) is 29.4 Å². The third kappa shape index (κ3) is 6.01. The molecular weight excluding hydrogens is 388 g/mol. The van der Waals surface area contributed by atoms with Crippen LogP contribution in [0.2, 0.25) is 0 Å². The average molecular weight is 419 g/mol. The molecule has 152 valence electrons. The first-order valence-electron chi connectivity index (χ1n) is 10.0. The summed E-state index contributed by atoms with van der Waals surface area (Å²) >= 11 is 3.33. The molecule has 0 spiro atoms. The van der Waals surface area contributed by atoms with Gasteiger partial charge in [-0.15, -0.1) is 22.0 Å². The minimum absolute atomic E-state index is 0.111. The second-order valence-corrected chi connectivity index (χ2v) is 9.11. The number of benzene rings is 1. The number of thioether (sulfide) groups is 2. The third-order valence-electron chi connectivity index (χ3n) is 5.09. The number of aromatic nitrogens is 3. The molecule has 7 heteroatoms. The molecule has 1 heterocycles. The number of amides is 1. The van der Waals surface area contributed by atoms with E-state index in [2.05, 4.69) is 57.5 Å². The summed E-state index contributed by atoms with van der Waals surface area (Å²) in [6.07, 6.45) is 8.88. The Labute approximate surface area is 176 Å². The fraction of sp³-hybridized carbons (Fsp3) is 0.571. The van der Waals surface area contributed by atoms with Crippen molar-refractivity contribution in [1.29, 1.82) is 0 Å². The zero-order chi connectivity index (χ0) is 19.8. The normalized spacial score (nSPS) is 14.5. The Bertz CT molecular complexity index is 772. The van der Waals surface area contributed by atoms with E-state index >= 15 is 0 Å². The Morgan fingerprint density at radius 2 is 2.11 bits per heavy atom. The van der Waals surface area contributed by atoms with Crippen LogP contribution in [0, 0.1) is 6.92 Å². The molecule has 0 unspecified atom stereocenters. The summed E-state index contributed by atoms with van der Waals surface area (Å²) in [7, 11) is 0. The lowest BCUT2D eigenvalue weighted by Crippen LogP contribution is -2.26. The molecular formula is C21H30N4OS2. The van der Waals surface area contributed by atoms with Gasteiger partial charge < -0.3 is 9.88 Å². The number of carbonyl (C=O) groups is 1. The van der Waals surface area contributed by atoms with E-state index in [1.807, 2.05) is 0 Å². The fourth-order valence-electron chi connectivity index (χ4n) is 3.74. The Balaban J connectivity index is 1.37. The highest BCUT2D eigenvalue weighted by Gasteiger charge is 2.23. The van der Waals surface area contributed by atoms with Gasteiger partial charge in [-0.25, -0.2) is 0 Å². The van der Waals surface area contributed by atoms with Crippen molar-refractivity contribution in [3.8, 4) is 0 Å². The van der Waals surface area contributed by atoms with E-state index in [1.165, 1.54) is 36.8 Å². The first kappa shape index (κ1) is 21.2. The molecule has 1 aliphatic carbocycles. The minimum Gasteiger partial charge on any atom is -0.355 e. The number of nitrogens with zero attached hydrogens (tertiary/aromatic N) is 3. The van der Waals surface area contributed by atoms with Gasteiger partial charge in [0.15, 0.2) is 5.16 Å². The van der Waals surface area contributed by atoms with Crippen LogP contribution in [0.3, 0.4) is 0 Å². The van der Waals surface area contributed by atoms with E-state index in [0.717, 1.165) is 29.6 Å². The topological polar surface area (TPSA) is 59.8 Å². The molecule has 0 saturated heterocycles. The fourth-order valence-corrected chi connectivity index (χ4v) is 5.11. The number of rotatable bonds is 10. The number of hydrogen-bond acceptors (Lipinski definition) is 5. The van der Waals surface area contributed by atoms with E-state index in [1.54, 1.807) is 23.5 Å². The number of aryl methyl sites for hydroxylation is 2. The van der Waals surface area contributed by atoms with Crippen LogP contribution < -0.4 is 5.32 Å². The van der Waals surface area contributed by atoms with E-state index in [0.29, 0.717) is 18.3 Å². The lowest BCUT2D eigenvalue weighted by atomic mass is 10.2. The molecule has 1 fully saturated rings. The predicted octanol–water partition coefficient (Wildman–Crippen LogP) is 4.41. The second kappa shape index (κ2) is 10.9. The van der Waals surface area contributed by atoms with Gasteiger partial charge in [-0.2, -0.15) is 0 Å². The molecule has 1 N–H and O–H groups in total. The summed E-state index contributed by atoms with van der Waals surface area (Å²) in [6.45, 7) is 2.78. The maximum Gasteiger partial charge on any atom is 0.230 e.